The van der Waals surface area contributed by atoms with Crippen LogP contribution >= 0.6 is 27.7 Å². The minimum absolute atomic E-state index is 0.362. The molecule has 0 saturated carbocycles. The summed E-state index contributed by atoms with van der Waals surface area (Å²) in [6.45, 7) is 7.30. The SMILES string of the molecule is CCCNCc1ccc(Br)cc1SC1CCOC1C. The van der Waals surface area contributed by atoms with E-state index in [4.69, 9.17) is 4.74 Å². The lowest BCUT2D eigenvalue weighted by Crippen LogP contribution is -2.16. The van der Waals surface area contributed by atoms with Crippen LogP contribution in [-0.2, 0) is 11.3 Å². The number of rotatable bonds is 6. The van der Waals surface area contributed by atoms with E-state index in [2.05, 4.69) is 53.3 Å². The maximum Gasteiger partial charge on any atom is 0.0669 e. The summed E-state index contributed by atoms with van der Waals surface area (Å²) in [5, 5.41) is 4.07. The zero-order valence-corrected chi connectivity index (χ0v) is 14.0. The average Bonchev–Trinajstić information content (AvgIpc) is 2.78. The highest BCUT2D eigenvalue weighted by Gasteiger charge is 2.25. The molecule has 0 amide bonds. The number of halogens is 1. The molecule has 19 heavy (non-hydrogen) atoms. The van der Waals surface area contributed by atoms with Crippen molar-refractivity contribution < 1.29 is 4.74 Å². The van der Waals surface area contributed by atoms with Crippen LogP contribution in [0.5, 0.6) is 0 Å². The van der Waals surface area contributed by atoms with Gasteiger partial charge in [0.05, 0.1) is 6.10 Å². The molecule has 2 nitrogen and oxygen atoms in total. The molecule has 1 aromatic carbocycles. The summed E-state index contributed by atoms with van der Waals surface area (Å²) in [7, 11) is 0. The van der Waals surface area contributed by atoms with E-state index in [-0.39, 0.29) is 0 Å². The third-order valence-corrected chi connectivity index (χ3v) is 5.41. The van der Waals surface area contributed by atoms with Crippen molar-refractivity contribution in [2.45, 2.75) is 49.5 Å². The van der Waals surface area contributed by atoms with E-state index in [1.165, 1.54) is 16.9 Å². The van der Waals surface area contributed by atoms with Crippen LogP contribution in [0.25, 0.3) is 0 Å². The molecule has 1 heterocycles. The highest BCUT2D eigenvalue weighted by atomic mass is 79.9. The van der Waals surface area contributed by atoms with E-state index in [1.54, 1.807) is 0 Å². The fourth-order valence-corrected chi connectivity index (χ4v) is 4.02. The van der Waals surface area contributed by atoms with Gasteiger partial charge in [0.25, 0.3) is 0 Å². The molecule has 0 radical (unpaired) electrons. The van der Waals surface area contributed by atoms with E-state index in [0.29, 0.717) is 11.4 Å². The third-order valence-electron chi connectivity index (χ3n) is 3.36. The van der Waals surface area contributed by atoms with Crippen molar-refractivity contribution in [3.63, 3.8) is 0 Å². The summed E-state index contributed by atoms with van der Waals surface area (Å²) < 4.78 is 6.81. The molecule has 4 heteroatoms. The summed E-state index contributed by atoms with van der Waals surface area (Å²) >= 11 is 5.54. The standard InChI is InChI=1S/C15H22BrNOS/c1-3-7-17-10-12-4-5-13(16)9-15(12)19-14-6-8-18-11(14)2/h4-5,9,11,14,17H,3,6-8,10H2,1-2H3. The Morgan fingerprint density at radius 1 is 1.47 bits per heavy atom. The maximum atomic E-state index is 5.66. The fraction of sp³-hybridized carbons (Fsp3) is 0.600. The van der Waals surface area contributed by atoms with Gasteiger partial charge in [0, 0.05) is 27.8 Å². The van der Waals surface area contributed by atoms with Crippen molar-refractivity contribution in [3.05, 3.63) is 28.2 Å². The van der Waals surface area contributed by atoms with Crippen molar-refractivity contribution in [2.24, 2.45) is 0 Å². The second-order valence-electron chi connectivity index (χ2n) is 4.95. The second-order valence-corrected chi connectivity index (χ2v) is 7.15. The van der Waals surface area contributed by atoms with E-state index >= 15 is 0 Å². The first-order valence-corrected chi connectivity index (χ1v) is 8.65. The van der Waals surface area contributed by atoms with Gasteiger partial charge in [-0.05, 0) is 44.0 Å². The van der Waals surface area contributed by atoms with E-state index in [9.17, 15) is 0 Å². The summed E-state index contributed by atoms with van der Waals surface area (Å²) in [6.07, 6.45) is 2.69. The molecular weight excluding hydrogens is 322 g/mol. The van der Waals surface area contributed by atoms with Crippen molar-refractivity contribution in [1.29, 1.82) is 0 Å². The summed E-state index contributed by atoms with van der Waals surface area (Å²) in [5.41, 5.74) is 1.39. The first kappa shape index (κ1) is 15.4. The topological polar surface area (TPSA) is 21.3 Å². The minimum Gasteiger partial charge on any atom is -0.377 e. The molecule has 1 fully saturated rings. The van der Waals surface area contributed by atoms with Crippen LogP contribution in [-0.4, -0.2) is 24.5 Å². The Hall–Kier alpha value is -0.0300. The molecule has 1 N–H and O–H groups in total. The number of ether oxygens (including phenoxy) is 1. The predicted octanol–water partition coefficient (Wildman–Crippen LogP) is 4.22. The number of hydrogen-bond donors (Lipinski definition) is 1. The highest BCUT2D eigenvalue weighted by Crippen LogP contribution is 2.35. The van der Waals surface area contributed by atoms with Gasteiger partial charge in [-0.3, -0.25) is 0 Å². The van der Waals surface area contributed by atoms with Gasteiger partial charge in [-0.2, -0.15) is 0 Å². The Bertz CT molecular complexity index is 413. The number of benzene rings is 1. The smallest absolute Gasteiger partial charge is 0.0669 e. The Morgan fingerprint density at radius 2 is 2.32 bits per heavy atom. The van der Waals surface area contributed by atoms with Crippen LogP contribution in [0.1, 0.15) is 32.3 Å². The molecule has 106 valence electrons. The minimum atomic E-state index is 0.362. The van der Waals surface area contributed by atoms with Crippen LogP contribution in [0.2, 0.25) is 0 Å². The molecule has 1 aliphatic heterocycles. The van der Waals surface area contributed by atoms with Gasteiger partial charge in [-0.1, -0.05) is 28.9 Å². The molecule has 1 aromatic rings. The van der Waals surface area contributed by atoms with Gasteiger partial charge in [0.1, 0.15) is 0 Å². The van der Waals surface area contributed by atoms with Gasteiger partial charge in [0.2, 0.25) is 0 Å². The van der Waals surface area contributed by atoms with Crippen LogP contribution in [0.15, 0.2) is 27.6 Å². The average molecular weight is 344 g/mol. The molecule has 0 spiro atoms. The van der Waals surface area contributed by atoms with Crippen molar-refractivity contribution in [3.8, 4) is 0 Å². The normalized spacial score (nSPS) is 22.9. The summed E-state index contributed by atoms with van der Waals surface area (Å²) in [4.78, 5) is 1.38. The van der Waals surface area contributed by atoms with Crippen LogP contribution in [0.3, 0.4) is 0 Å². The molecule has 2 atom stereocenters. The molecule has 2 rings (SSSR count). The van der Waals surface area contributed by atoms with Gasteiger partial charge in [0.15, 0.2) is 0 Å². The Balaban J connectivity index is 2.05. The summed E-state index contributed by atoms with van der Waals surface area (Å²) in [6, 6.07) is 6.58. The van der Waals surface area contributed by atoms with Crippen molar-refractivity contribution >= 4 is 27.7 Å². The first-order chi connectivity index (χ1) is 9.20. The predicted molar refractivity (Wildman–Crippen MR) is 85.8 cm³/mol. The Kier molecular flexibility index (Phi) is 6.20. The molecule has 0 aliphatic carbocycles. The van der Waals surface area contributed by atoms with Gasteiger partial charge in [-0.15, -0.1) is 11.8 Å². The maximum absolute atomic E-state index is 5.66. The molecule has 0 aromatic heterocycles. The second kappa shape index (κ2) is 7.67. The molecular formula is C15H22BrNOS. The van der Waals surface area contributed by atoms with Crippen LogP contribution in [0, 0.1) is 0 Å². The van der Waals surface area contributed by atoms with Gasteiger partial charge < -0.3 is 10.1 Å². The van der Waals surface area contributed by atoms with Gasteiger partial charge >= 0.3 is 0 Å². The largest absolute Gasteiger partial charge is 0.377 e. The fourth-order valence-electron chi connectivity index (χ4n) is 2.21. The van der Waals surface area contributed by atoms with Crippen molar-refractivity contribution in [1.82, 2.24) is 5.32 Å². The molecule has 1 aliphatic rings. The van der Waals surface area contributed by atoms with Crippen molar-refractivity contribution in [2.75, 3.05) is 13.2 Å². The zero-order valence-electron chi connectivity index (χ0n) is 11.6. The lowest BCUT2D eigenvalue weighted by molar-refractivity contribution is 0.127. The molecule has 0 bridgehead atoms. The first-order valence-electron chi connectivity index (χ1n) is 6.98. The van der Waals surface area contributed by atoms with E-state index in [1.807, 2.05) is 11.8 Å². The van der Waals surface area contributed by atoms with Crippen LogP contribution in [0.4, 0.5) is 0 Å². The lowest BCUT2D eigenvalue weighted by atomic mass is 10.2. The summed E-state index contributed by atoms with van der Waals surface area (Å²) in [5.74, 6) is 0. The van der Waals surface area contributed by atoms with E-state index < -0.39 is 0 Å². The number of nitrogens with one attached hydrogen (secondary N) is 1. The number of hydrogen-bond acceptors (Lipinski definition) is 3. The molecule has 1 saturated heterocycles. The third kappa shape index (κ3) is 4.48. The quantitative estimate of drug-likeness (QED) is 0.781. The highest BCUT2D eigenvalue weighted by molar-refractivity contribution is 9.10. The van der Waals surface area contributed by atoms with Gasteiger partial charge in [-0.25, -0.2) is 0 Å². The lowest BCUT2D eigenvalue weighted by Gasteiger charge is -2.17. The molecule has 2 unspecified atom stereocenters. The van der Waals surface area contributed by atoms with Crippen LogP contribution < -0.4 is 5.32 Å². The zero-order chi connectivity index (χ0) is 13.7. The monoisotopic (exact) mass is 343 g/mol. The Morgan fingerprint density at radius 3 is 3.00 bits per heavy atom. The number of thioether (sulfide) groups is 1. The Labute approximate surface area is 128 Å². The van der Waals surface area contributed by atoms with E-state index in [0.717, 1.165) is 30.6 Å².